The van der Waals surface area contributed by atoms with Gasteiger partial charge in [0.1, 0.15) is 12.4 Å². The second kappa shape index (κ2) is 6.72. The van der Waals surface area contributed by atoms with E-state index in [1.165, 1.54) is 6.33 Å². The molecule has 0 spiro atoms. The van der Waals surface area contributed by atoms with Crippen LogP contribution in [-0.2, 0) is 0 Å². The predicted molar refractivity (Wildman–Crippen MR) is 101 cm³/mol. The topological polar surface area (TPSA) is 61.2 Å². The van der Waals surface area contributed by atoms with Crippen LogP contribution in [0.3, 0.4) is 0 Å². The van der Waals surface area contributed by atoms with E-state index in [0.29, 0.717) is 22.5 Å². The largest absolute Gasteiger partial charge is 0.493 e. The number of fused-ring (bicyclic) bond motifs is 1. The number of aromatic nitrogens is 3. The molecule has 0 radical (unpaired) electrons. The molecular weight excluding hydrogens is 352 g/mol. The van der Waals surface area contributed by atoms with E-state index < -0.39 is 0 Å². The molecule has 1 atom stereocenters. The Morgan fingerprint density at radius 2 is 1.88 bits per heavy atom. The van der Waals surface area contributed by atoms with E-state index in [1.807, 2.05) is 47.1 Å². The van der Waals surface area contributed by atoms with Crippen LogP contribution in [0.5, 0.6) is 11.5 Å². The van der Waals surface area contributed by atoms with Crippen LogP contribution in [0.4, 0.5) is 5.95 Å². The van der Waals surface area contributed by atoms with Gasteiger partial charge in [-0.2, -0.15) is 10.1 Å². The third kappa shape index (κ3) is 2.78. The second-order valence-corrected chi connectivity index (χ2v) is 6.20. The molecule has 0 fully saturated rings. The number of para-hydroxylation sites is 1. The Bertz CT molecular complexity index is 966. The molecule has 2 heterocycles. The number of nitrogens with one attached hydrogen (secondary N) is 1. The van der Waals surface area contributed by atoms with Gasteiger partial charge < -0.3 is 14.8 Å². The number of nitrogens with zero attached hydrogens (tertiary/aromatic N) is 3. The van der Waals surface area contributed by atoms with Crippen molar-refractivity contribution in [2.45, 2.75) is 6.04 Å². The lowest BCUT2D eigenvalue weighted by Crippen LogP contribution is -2.20. The van der Waals surface area contributed by atoms with E-state index in [1.54, 1.807) is 14.2 Å². The quantitative estimate of drug-likeness (QED) is 0.754. The fourth-order valence-corrected chi connectivity index (χ4v) is 3.22. The number of benzene rings is 2. The standard InChI is InChI=1S/C19H17ClN4O2/c1-25-17-5-3-4-14(18(17)26-2)16-10-15(12-6-8-13(20)9-7-12)23-19-21-11-22-24(16)19/h3-11,16H,1-2H3,(H,21,22,23)/t16-/m1/s1. The molecule has 0 amide bonds. The van der Waals surface area contributed by atoms with Crippen LogP contribution in [0, 0.1) is 0 Å². The summed E-state index contributed by atoms with van der Waals surface area (Å²) in [5.41, 5.74) is 2.87. The minimum absolute atomic E-state index is 0.190. The Hall–Kier alpha value is -2.99. The molecule has 2 aromatic carbocycles. The van der Waals surface area contributed by atoms with E-state index in [-0.39, 0.29) is 6.04 Å². The zero-order chi connectivity index (χ0) is 18.1. The second-order valence-electron chi connectivity index (χ2n) is 5.77. The maximum atomic E-state index is 6.01. The van der Waals surface area contributed by atoms with Gasteiger partial charge in [0.05, 0.1) is 14.2 Å². The smallest absolute Gasteiger partial charge is 0.226 e. The van der Waals surface area contributed by atoms with Crippen molar-refractivity contribution < 1.29 is 9.47 Å². The first kappa shape index (κ1) is 16.5. The van der Waals surface area contributed by atoms with Crippen LogP contribution < -0.4 is 14.8 Å². The van der Waals surface area contributed by atoms with Crippen LogP contribution in [0.25, 0.3) is 5.70 Å². The Morgan fingerprint density at radius 3 is 2.62 bits per heavy atom. The average Bonchev–Trinajstić information content (AvgIpc) is 3.15. The molecule has 1 aromatic heterocycles. The van der Waals surface area contributed by atoms with Crippen molar-refractivity contribution in [2.75, 3.05) is 19.5 Å². The van der Waals surface area contributed by atoms with Gasteiger partial charge in [0.25, 0.3) is 0 Å². The summed E-state index contributed by atoms with van der Waals surface area (Å²) < 4.78 is 12.9. The van der Waals surface area contributed by atoms with E-state index in [9.17, 15) is 0 Å². The molecule has 0 aliphatic carbocycles. The molecule has 26 heavy (non-hydrogen) atoms. The number of methoxy groups -OCH3 is 2. The monoisotopic (exact) mass is 368 g/mol. The van der Waals surface area contributed by atoms with Gasteiger partial charge in [-0.05, 0) is 29.8 Å². The zero-order valence-corrected chi connectivity index (χ0v) is 15.1. The maximum Gasteiger partial charge on any atom is 0.226 e. The Labute approximate surface area is 156 Å². The van der Waals surface area contributed by atoms with Crippen LogP contribution >= 0.6 is 11.6 Å². The van der Waals surface area contributed by atoms with Crippen molar-refractivity contribution >= 4 is 23.2 Å². The molecule has 0 unspecified atom stereocenters. The van der Waals surface area contributed by atoms with Gasteiger partial charge in [0.2, 0.25) is 5.95 Å². The average molecular weight is 369 g/mol. The Balaban J connectivity index is 1.85. The lowest BCUT2D eigenvalue weighted by atomic mass is 10.0. The minimum Gasteiger partial charge on any atom is -0.493 e. The van der Waals surface area contributed by atoms with Crippen LogP contribution in [-0.4, -0.2) is 29.0 Å². The highest BCUT2D eigenvalue weighted by molar-refractivity contribution is 6.30. The van der Waals surface area contributed by atoms with Crippen molar-refractivity contribution in [3.63, 3.8) is 0 Å². The third-order valence-electron chi connectivity index (χ3n) is 4.31. The molecule has 3 aromatic rings. The van der Waals surface area contributed by atoms with Gasteiger partial charge in [-0.25, -0.2) is 4.68 Å². The van der Waals surface area contributed by atoms with E-state index in [4.69, 9.17) is 21.1 Å². The molecule has 4 rings (SSSR count). The number of ether oxygens (including phenoxy) is 2. The SMILES string of the molecule is COc1cccc([C@H]2C=C(c3ccc(Cl)cc3)Nc3ncnn32)c1OC. The van der Waals surface area contributed by atoms with E-state index in [0.717, 1.165) is 16.8 Å². The summed E-state index contributed by atoms with van der Waals surface area (Å²) in [5, 5.41) is 8.38. The highest BCUT2D eigenvalue weighted by Crippen LogP contribution is 2.40. The Kier molecular flexibility index (Phi) is 4.26. The van der Waals surface area contributed by atoms with Crippen molar-refractivity contribution in [1.29, 1.82) is 0 Å². The highest BCUT2D eigenvalue weighted by atomic mass is 35.5. The summed E-state index contributed by atoms with van der Waals surface area (Å²) in [6.45, 7) is 0. The normalized spacial score (nSPS) is 15.7. The predicted octanol–water partition coefficient (Wildman–Crippen LogP) is 4.00. The number of hydrogen-bond acceptors (Lipinski definition) is 5. The zero-order valence-electron chi connectivity index (χ0n) is 14.3. The fraction of sp³-hybridized carbons (Fsp3) is 0.158. The lowest BCUT2D eigenvalue weighted by Gasteiger charge is -2.26. The highest BCUT2D eigenvalue weighted by Gasteiger charge is 2.27. The molecule has 1 aliphatic heterocycles. The lowest BCUT2D eigenvalue weighted by molar-refractivity contribution is 0.349. The minimum atomic E-state index is -0.190. The third-order valence-corrected chi connectivity index (χ3v) is 4.57. The van der Waals surface area contributed by atoms with E-state index >= 15 is 0 Å². The number of allylic oxidation sites excluding steroid dienone is 1. The molecule has 7 heteroatoms. The first-order valence-corrected chi connectivity index (χ1v) is 8.44. The molecule has 6 nitrogen and oxygen atoms in total. The van der Waals surface area contributed by atoms with Gasteiger partial charge in [-0.15, -0.1) is 0 Å². The van der Waals surface area contributed by atoms with Gasteiger partial charge in [-0.3, -0.25) is 0 Å². The molecule has 0 saturated carbocycles. The van der Waals surface area contributed by atoms with Crippen LogP contribution in [0.15, 0.2) is 54.9 Å². The van der Waals surface area contributed by atoms with Crippen molar-refractivity contribution in [3.8, 4) is 11.5 Å². The fourth-order valence-electron chi connectivity index (χ4n) is 3.10. The first-order valence-electron chi connectivity index (χ1n) is 8.06. The number of hydrogen-bond donors (Lipinski definition) is 1. The molecule has 1 aliphatic rings. The Morgan fingerprint density at radius 1 is 1.08 bits per heavy atom. The maximum absolute atomic E-state index is 6.01. The summed E-state index contributed by atoms with van der Waals surface area (Å²) in [7, 11) is 3.26. The molecule has 0 bridgehead atoms. The molecule has 0 saturated heterocycles. The summed E-state index contributed by atoms with van der Waals surface area (Å²) in [6, 6.07) is 13.3. The summed E-state index contributed by atoms with van der Waals surface area (Å²) in [5.74, 6) is 2.01. The van der Waals surface area contributed by atoms with Crippen molar-refractivity contribution in [1.82, 2.24) is 14.8 Å². The van der Waals surface area contributed by atoms with Gasteiger partial charge >= 0.3 is 0 Å². The molecule has 132 valence electrons. The number of halogens is 1. The van der Waals surface area contributed by atoms with Gasteiger partial charge in [0, 0.05) is 16.3 Å². The molecule has 1 N–H and O–H groups in total. The number of anilines is 1. The summed E-state index contributed by atoms with van der Waals surface area (Å²) in [4.78, 5) is 4.33. The van der Waals surface area contributed by atoms with Crippen molar-refractivity contribution in [2.24, 2.45) is 0 Å². The summed E-state index contributed by atoms with van der Waals surface area (Å²) >= 11 is 6.01. The van der Waals surface area contributed by atoms with Gasteiger partial charge in [0.15, 0.2) is 11.5 Å². The summed E-state index contributed by atoms with van der Waals surface area (Å²) in [6.07, 6.45) is 3.61. The van der Waals surface area contributed by atoms with Crippen LogP contribution in [0.2, 0.25) is 5.02 Å². The van der Waals surface area contributed by atoms with Crippen molar-refractivity contribution in [3.05, 3.63) is 71.0 Å². The van der Waals surface area contributed by atoms with Gasteiger partial charge in [-0.1, -0.05) is 35.9 Å². The first-order chi connectivity index (χ1) is 12.7. The van der Waals surface area contributed by atoms with E-state index in [2.05, 4.69) is 21.5 Å². The number of rotatable bonds is 4. The van der Waals surface area contributed by atoms with Crippen LogP contribution in [0.1, 0.15) is 17.2 Å². The molecular formula is C19H17ClN4O2.